The van der Waals surface area contributed by atoms with Gasteiger partial charge in [0.05, 0.1) is 5.56 Å². The second kappa shape index (κ2) is 5.31. The molecular formula is C12H21N3O2. The van der Waals surface area contributed by atoms with Gasteiger partial charge >= 0.3 is 0 Å². The molecule has 0 aliphatic rings. The topological polar surface area (TPSA) is 81.0 Å². The molecule has 0 bridgehead atoms. The van der Waals surface area contributed by atoms with Gasteiger partial charge in [-0.05, 0) is 11.8 Å². The van der Waals surface area contributed by atoms with E-state index in [0.717, 1.165) is 0 Å². The average Bonchev–Trinajstić information content (AvgIpc) is 2.15. The van der Waals surface area contributed by atoms with Gasteiger partial charge in [-0.25, -0.2) is 4.98 Å². The quantitative estimate of drug-likeness (QED) is 0.839. The number of nitrogens with zero attached hydrogens (tertiary/aromatic N) is 1. The lowest BCUT2D eigenvalue weighted by molar-refractivity contribution is 0.0573. The number of aromatic nitrogens is 2. The second-order valence-electron chi connectivity index (χ2n) is 4.81. The summed E-state index contributed by atoms with van der Waals surface area (Å²) in [5.74, 6) is 1.06. The van der Waals surface area contributed by atoms with Crippen molar-refractivity contribution in [2.24, 2.45) is 5.92 Å². The van der Waals surface area contributed by atoms with Crippen molar-refractivity contribution in [2.75, 3.05) is 12.8 Å². The first kappa shape index (κ1) is 13.7. The van der Waals surface area contributed by atoms with E-state index in [1.165, 1.54) is 0 Å². The third kappa shape index (κ3) is 2.85. The molecule has 1 unspecified atom stereocenters. The molecule has 0 radical (unpaired) electrons. The predicted octanol–water partition coefficient (Wildman–Crippen LogP) is 1.82. The van der Waals surface area contributed by atoms with Crippen molar-refractivity contribution in [3.05, 3.63) is 21.7 Å². The number of nitrogens with two attached hydrogens (primary N) is 1. The zero-order valence-corrected chi connectivity index (χ0v) is 11.1. The number of hydrogen-bond donors (Lipinski definition) is 2. The number of aromatic amines is 1. The highest BCUT2D eigenvalue weighted by Gasteiger charge is 2.20. The molecule has 1 aromatic rings. The van der Waals surface area contributed by atoms with Crippen molar-refractivity contribution in [3.8, 4) is 0 Å². The van der Waals surface area contributed by atoms with Crippen LogP contribution in [0, 0.1) is 5.92 Å². The lowest BCUT2D eigenvalue weighted by Gasteiger charge is -2.19. The number of ether oxygens (including phenoxy) is 1. The maximum atomic E-state index is 11.9. The van der Waals surface area contributed by atoms with E-state index in [-0.39, 0.29) is 23.5 Å². The maximum absolute atomic E-state index is 11.9. The van der Waals surface area contributed by atoms with Gasteiger partial charge in [0, 0.05) is 7.11 Å². The van der Waals surface area contributed by atoms with Gasteiger partial charge in [0.25, 0.3) is 5.56 Å². The molecule has 1 atom stereocenters. The summed E-state index contributed by atoms with van der Waals surface area (Å²) in [7, 11) is 1.59. The monoisotopic (exact) mass is 239 g/mol. The Morgan fingerprint density at radius 1 is 1.29 bits per heavy atom. The molecule has 0 fully saturated rings. The summed E-state index contributed by atoms with van der Waals surface area (Å²) in [6.45, 7) is 7.83. The fraction of sp³-hybridized carbons (Fsp3) is 0.667. The molecule has 96 valence electrons. The molecule has 0 saturated carbocycles. The summed E-state index contributed by atoms with van der Waals surface area (Å²) in [5.41, 5.74) is 6.19. The summed E-state index contributed by atoms with van der Waals surface area (Å²) in [5, 5.41) is 0. The Hall–Kier alpha value is -1.36. The van der Waals surface area contributed by atoms with Gasteiger partial charge in [-0.2, -0.15) is 0 Å². The molecule has 0 aliphatic heterocycles. The van der Waals surface area contributed by atoms with E-state index in [4.69, 9.17) is 10.5 Å². The van der Waals surface area contributed by atoms with E-state index >= 15 is 0 Å². The van der Waals surface area contributed by atoms with Gasteiger partial charge in [-0.3, -0.25) is 4.79 Å². The Labute approximate surface area is 101 Å². The largest absolute Gasteiger partial charge is 0.383 e. The minimum Gasteiger partial charge on any atom is -0.383 e. The highest BCUT2D eigenvalue weighted by atomic mass is 16.5. The first-order valence-corrected chi connectivity index (χ1v) is 5.80. The van der Waals surface area contributed by atoms with Crippen molar-refractivity contribution in [1.29, 1.82) is 0 Å². The maximum Gasteiger partial charge on any atom is 0.256 e. The van der Waals surface area contributed by atoms with Crippen molar-refractivity contribution < 1.29 is 4.74 Å². The number of H-pyrrole nitrogens is 1. The average molecular weight is 239 g/mol. The highest BCUT2D eigenvalue weighted by molar-refractivity contribution is 5.39. The van der Waals surface area contributed by atoms with Gasteiger partial charge in [-0.1, -0.05) is 27.7 Å². The van der Waals surface area contributed by atoms with E-state index in [1.807, 2.05) is 27.7 Å². The standard InChI is InChI=1S/C12H21N3O2/c1-6(2)8-10(13)14-11(15-12(8)16)9(17-5)7(3)4/h6-7,9H,1-5H3,(H3,13,14,15,16). The minimum absolute atomic E-state index is 0.0559. The van der Waals surface area contributed by atoms with E-state index in [9.17, 15) is 4.79 Å². The molecule has 1 rings (SSSR count). The van der Waals surface area contributed by atoms with E-state index in [0.29, 0.717) is 17.2 Å². The van der Waals surface area contributed by atoms with Gasteiger partial charge in [0.15, 0.2) is 0 Å². The van der Waals surface area contributed by atoms with Crippen molar-refractivity contribution in [1.82, 2.24) is 9.97 Å². The Balaban J connectivity index is 3.27. The van der Waals surface area contributed by atoms with Crippen LogP contribution in [0.15, 0.2) is 4.79 Å². The molecule has 0 spiro atoms. The SMILES string of the molecule is COC(c1nc(N)c(C(C)C)c(=O)[nH]1)C(C)C. The Bertz CT molecular complexity index is 438. The number of nitrogens with one attached hydrogen (secondary N) is 1. The smallest absolute Gasteiger partial charge is 0.256 e. The van der Waals surface area contributed by atoms with Gasteiger partial charge in [0.1, 0.15) is 17.7 Å². The molecule has 1 heterocycles. The molecule has 0 aromatic carbocycles. The highest BCUT2D eigenvalue weighted by Crippen LogP contribution is 2.23. The third-order valence-corrected chi connectivity index (χ3v) is 2.71. The normalized spacial score (nSPS) is 13.4. The molecule has 17 heavy (non-hydrogen) atoms. The zero-order valence-electron chi connectivity index (χ0n) is 11.1. The molecule has 5 nitrogen and oxygen atoms in total. The first-order chi connectivity index (χ1) is 7.88. The summed E-state index contributed by atoms with van der Waals surface area (Å²) in [6.07, 6.45) is -0.244. The van der Waals surface area contributed by atoms with Crippen LogP contribution < -0.4 is 11.3 Å². The fourth-order valence-electron chi connectivity index (χ4n) is 1.91. The van der Waals surface area contributed by atoms with Gasteiger partial charge < -0.3 is 15.5 Å². The molecule has 5 heteroatoms. The molecule has 3 N–H and O–H groups in total. The zero-order chi connectivity index (χ0) is 13.2. The lowest BCUT2D eigenvalue weighted by Crippen LogP contribution is -2.24. The van der Waals surface area contributed by atoms with Gasteiger partial charge in [-0.15, -0.1) is 0 Å². The summed E-state index contributed by atoms with van der Waals surface area (Å²) >= 11 is 0. The van der Waals surface area contributed by atoms with Crippen LogP contribution in [0.5, 0.6) is 0 Å². The summed E-state index contributed by atoms with van der Waals surface area (Å²) < 4.78 is 5.32. The van der Waals surface area contributed by atoms with Gasteiger partial charge in [0.2, 0.25) is 0 Å². The number of methoxy groups -OCH3 is 1. The second-order valence-corrected chi connectivity index (χ2v) is 4.81. The Morgan fingerprint density at radius 2 is 1.88 bits per heavy atom. The minimum atomic E-state index is -0.244. The van der Waals surface area contributed by atoms with Crippen molar-refractivity contribution in [3.63, 3.8) is 0 Å². The fourth-order valence-corrected chi connectivity index (χ4v) is 1.91. The molecule has 1 aromatic heterocycles. The van der Waals surface area contributed by atoms with Crippen molar-refractivity contribution in [2.45, 2.75) is 39.7 Å². The van der Waals surface area contributed by atoms with Crippen LogP contribution >= 0.6 is 0 Å². The Kier molecular flexibility index (Phi) is 4.28. The number of anilines is 1. The third-order valence-electron chi connectivity index (χ3n) is 2.71. The number of rotatable bonds is 4. The number of hydrogen-bond acceptors (Lipinski definition) is 4. The molecular weight excluding hydrogens is 218 g/mol. The number of nitrogen functional groups attached to an aromatic ring is 1. The van der Waals surface area contributed by atoms with E-state index in [2.05, 4.69) is 9.97 Å². The van der Waals surface area contributed by atoms with E-state index in [1.54, 1.807) is 7.11 Å². The molecule has 0 saturated heterocycles. The molecule has 0 amide bonds. The Morgan fingerprint density at radius 3 is 2.24 bits per heavy atom. The van der Waals surface area contributed by atoms with Crippen LogP contribution in [0.25, 0.3) is 0 Å². The van der Waals surface area contributed by atoms with Crippen LogP contribution in [0.4, 0.5) is 5.82 Å². The van der Waals surface area contributed by atoms with E-state index < -0.39 is 0 Å². The van der Waals surface area contributed by atoms with Crippen LogP contribution in [0.2, 0.25) is 0 Å². The van der Waals surface area contributed by atoms with Crippen LogP contribution in [0.1, 0.15) is 51.1 Å². The van der Waals surface area contributed by atoms with Crippen molar-refractivity contribution >= 4 is 5.82 Å². The van der Waals surface area contributed by atoms with Crippen LogP contribution in [-0.4, -0.2) is 17.1 Å². The molecule has 0 aliphatic carbocycles. The summed E-state index contributed by atoms with van der Waals surface area (Å²) in [4.78, 5) is 18.9. The lowest BCUT2D eigenvalue weighted by atomic mass is 10.0. The summed E-state index contributed by atoms with van der Waals surface area (Å²) in [6, 6.07) is 0. The predicted molar refractivity (Wildman–Crippen MR) is 67.9 cm³/mol. The van der Waals surface area contributed by atoms with Crippen LogP contribution in [-0.2, 0) is 4.74 Å². The van der Waals surface area contributed by atoms with Crippen LogP contribution in [0.3, 0.4) is 0 Å². The first-order valence-electron chi connectivity index (χ1n) is 5.80.